The third kappa shape index (κ3) is 3.35. The lowest BCUT2D eigenvalue weighted by Gasteiger charge is -2.23. The van der Waals surface area contributed by atoms with Crippen molar-refractivity contribution in [3.05, 3.63) is 36.2 Å². The first kappa shape index (κ1) is 12.7. The standard InChI is InChI=1S/C13H21N3/c1-5-16(9-10(2)3)12-6-7-13(11(4)14)15-8-12/h6-8,11H,2,5,9,14H2,1,3-4H3/t11-/m1/s1. The van der Waals surface area contributed by atoms with Crippen LogP contribution in [-0.2, 0) is 0 Å². The van der Waals surface area contributed by atoms with Crippen LogP contribution in [0.25, 0.3) is 0 Å². The van der Waals surface area contributed by atoms with Crippen molar-refractivity contribution in [3.8, 4) is 0 Å². The van der Waals surface area contributed by atoms with E-state index in [-0.39, 0.29) is 6.04 Å². The van der Waals surface area contributed by atoms with E-state index >= 15 is 0 Å². The van der Waals surface area contributed by atoms with E-state index in [9.17, 15) is 0 Å². The fraction of sp³-hybridized carbons (Fsp3) is 0.462. The van der Waals surface area contributed by atoms with Crippen molar-refractivity contribution in [2.75, 3.05) is 18.0 Å². The second kappa shape index (κ2) is 5.66. The lowest BCUT2D eigenvalue weighted by atomic mass is 10.2. The zero-order valence-corrected chi connectivity index (χ0v) is 10.4. The van der Waals surface area contributed by atoms with E-state index in [0.717, 1.165) is 30.0 Å². The number of anilines is 1. The van der Waals surface area contributed by atoms with Gasteiger partial charge in [0.05, 0.1) is 17.6 Å². The monoisotopic (exact) mass is 219 g/mol. The Kier molecular flexibility index (Phi) is 4.50. The van der Waals surface area contributed by atoms with Crippen LogP contribution in [0.1, 0.15) is 32.5 Å². The topological polar surface area (TPSA) is 42.1 Å². The van der Waals surface area contributed by atoms with Gasteiger partial charge in [-0.3, -0.25) is 4.98 Å². The number of hydrogen-bond acceptors (Lipinski definition) is 3. The summed E-state index contributed by atoms with van der Waals surface area (Å²) < 4.78 is 0. The van der Waals surface area contributed by atoms with Crippen LogP contribution in [0.4, 0.5) is 5.69 Å². The first-order valence-electron chi connectivity index (χ1n) is 5.65. The number of hydrogen-bond donors (Lipinski definition) is 1. The van der Waals surface area contributed by atoms with Crippen molar-refractivity contribution >= 4 is 5.69 Å². The van der Waals surface area contributed by atoms with E-state index in [2.05, 4.69) is 29.5 Å². The second-order valence-electron chi connectivity index (χ2n) is 4.20. The minimum Gasteiger partial charge on any atom is -0.367 e. The average molecular weight is 219 g/mol. The first-order chi connectivity index (χ1) is 7.54. The van der Waals surface area contributed by atoms with Gasteiger partial charge in [-0.05, 0) is 32.9 Å². The molecule has 88 valence electrons. The maximum absolute atomic E-state index is 5.76. The van der Waals surface area contributed by atoms with Crippen molar-refractivity contribution in [1.82, 2.24) is 4.98 Å². The van der Waals surface area contributed by atoms with Gasteiger partial charge in [0.1, 0.15) is 0 Å². The SMILES string of the molecule is C=C(C)CN(CC)c1ccc([C@@H](C)N)nc1. The van der Waals surface area contributed by atoms with Crippen LogP contribution in [-0.4, -0.2) is 18.1 Å². The van der Waals surface area contributed by atoms with Crippen LogP contribution < -0.4 is 10.6 Å². The Morgan fingerprint density at radius 2 is 2.25 bits per heavy atom. The van der Waals surface area contributed by atoms with Crippen molar-refractivity contribution in [2.24, 2.45) is 5.73 Å². The zero-order chi connectivity index (χ0) is 12.1. The van der Waals surface area contributed by atoms with Crippen LogP contribution >= 0.6 is 0 Å². The molecule has 3 nitrogen and oxygen atoms in total. The van der Waals surface area contributed by atoms with Gasteiger partial charge >= 0.3 is 0 Å². The van der Waals surface area contributed by atoms with Gasteiger partial charge < -0.3 is 10.6 Å². The van der Waals surface area contributed by atoms with E-state index in [1.54, 1.807) is 0 Å². The fourth-order valence-electron chi connectivity index (χ4n) is 1.57. The second-order valence-corrected chi connectivity index (χ2v) is 4.20. The van der Waals surface area contributed by atoms with E-state index in [1.807, 2.05) is 26.1 Å². The summed E-state index contributed by atoms with van der Waals surface area (Å²) in [5, 5.41) is 0. The van der Waals surface area contributed by atoms with Crippen LogP contribution in [0.3, 0.4) is 0 Å². The maximum atomic E-state index is 5.76. The maximum Gasteiger partial charge on any atom is 0.0569 e. The minimum atomic E-state index is -0.00901. The Labute approximate surface area is 98.0 Å². The molecular formula is C13H21N3. The molecule has 1 rings (SSSR count). The largest absolute Gasteiger partial charge is 0.367 e. The van der Waals surface area contributed by atoms with E-state index in [1.165, 1.54) is 0 Å². The summed E-state index contributed by atoms with van der Waals surface area (Å²) in [4.78, 5) is 6.59. The quantitative estimate of drug-likeness (QED) is 0.774. The Morgan fingerprint density at radius 1 is 1.56 bits per heavy atom. The Hall–Kier alpha value is -1.35. The molecule has 0 fully saturated rings. The van der Waals surface area contributed by atoms with Crippen molar-refractivity contribution < 1.29 is 0 Å². The smallest absolute Gasteiger partial charge is 0.0569 e. The number of nitrogens with two attached hydrogens (primary N) is 1. The fourth-order valence-corrected chi connectivity index (χ4v) is 1.57. The van der Waals surface area contributed by atoms with Crippen LogP contribution in [0.2, 0.25) is 0 Å². The molecule has 0 aliphatic heterocycles. The summed E-state index contributed by atoms with van der Waals surface area (Å²) in [6.45, 7) is 11.9. The molecule has 1 atom stereocenters. The molecule has 1 aromatic rings. The van der Waals surface area contributed by atoms with E-state index in [4.69, 9.17) is 5.73 Å². The Bertz CT molecular complexity index is 341. The predicted octanol–water partition coefficient (Wildman–Crippen LogP) is 2.50. The van der Waals surface area contributed by atoms with Crippen molar-refractivity contribution in [2.45, 2.75) is 26.8 Å². The molecule has 0 unspecified atom stereocenters. The molecule has 0 amide bonds. The normalized spacial score (nSPS) is 12.2. The molecule has 0 bridgehead atoms. The molecular weight excluding hydrogens is 198 g/mol. The number of rotatable bonds is 5. The molecule has 0 saturated heterocycles. The van der Waals surface area contributed by atoms with Gasteiger partial charge in [-0.1, -0.05) is 12.2 Å². The molecule has 0 aliphatic rings. The van der Waals surface area contributed by atoms with E-state index in [0.29, 0.717) is 0 Å². The molecule has 3 heteroatoms. The summed E-state index contributed by atoms with van der Waals surface area (Å²) in [5.41, 5.74) is 8.96. The first-order valence-corrected chi connectivity index (χ1v) is 5.65. The molecule has 0 radical (unpaired) electrons. The van der Waals surface area contributed by atoms with Gasteiger partial charge in [-0.25, -0.2) is 0 Å². The number of pyridine rings is 1. The molecule has 2 N–H and O–H groups in total. The summed E-state index contributed by atoms with van der Waals surface area (Å²) >= 11 is 0. The van der Waals surface area contributed by atoms with Crippen LogP contribution in [0.15, 0.2) is 30.5 Å². The molecule has 0 aliphatic carbocycles. The third-order valence-corrected chi connectivity index (χ3v) is 2.44. The van der Waals surface area contributed by atoms with Gasteiger partial charge in [-0.15, -0.1) is 0 Å². The van der Waals surface area contributed by atoms with Gasteiger partial charge in [0, 0.05) is 19.1 Å². The van der Waals surface area contributed by atoms with E-state index < -0.39 is 0 Å². The summed E-state index contributed by atoms with van der Waals surface area (Å²) in [7, 11) is 0. The van der Waals surface area contributed by atoms with Gasteiger partial charge in [0.25, 0.3) is 0 Å². The Balaban J connectivity index is 2.82. The van der Waals surface area contributed by atoms with Crippen LogP contribution in [0, 0.1) is 0 Å². The van der Waals surface area contributed by atoms with Gasteiger partial charge in [0.2, 0.25) is 0 Å². The summed E-state index contributed by atoms with van der Waals surface area (Å²) in [6.07, 6.45) is 1.88. The third-order valence-electron chi connectivity index (χ3n) is 2.44. The molecule has 16 heavy (non-hydrogen) atoms. The molecule has 0 aromatic carbocycles. The highest BCUT2D eigenvalue weighted by Gasteiger charge is 2.06. The van der Waals surface area contributed by atoms with Crippen molar-refractivity contribution in [3.63, 3.8) is 0 Å². The molecule has 0 saturated carbocycles. The van der Waals surface area contributed by atoms with Gasteiger partial charge in [-0.2, -0.15) is 0 Å². The Morgan fingerprint density at radius 3 is 2.62 bits per heavy atom. The highest BCUT2D eigenvalue weighted by molar-refractivity contribution is 5.45. The average Bonchev–Trinajstić information content (AvgIpc) is 2.25. The highest BCUT2D eigenvalue weighted by atomic mass is 15.1. The lowest BCUT2D eigenvalue weighted by molar-refractivity contribution is 0.777. The molecule has 1 aromatic heterocycles. The predicted molar refractivity (Wildman–Crippen MR) is 69.5 cm³/mol. The van der Waals surface area contributed by atoms with Gasteiger partial charge in [0.15, 0.2) is 0 Å². The zero-order valence-electron chi connectivity index (χ0n) is 10.4. The van der Waals surface area contributed by atoms with Crippen LogP contribution in [0.5, 0.6) is 0 Å². The molecule has 0 spiro atoms. The minimum absolute atomic E-state index is 0.00901. The molecule has 1 heterocycles. The summed E-state index contributed by atoms with van der Waals surface area (Å²) in [6, 6.07) is 4.05. The lowest BCUT2D eigenvalue weighted by Crippen LogP contribution is -2.24. The van der Waals surface area contributed by atoms with Crippen molar-refractivity contribution in [1.29, 1.82) is 0 Å². The number of aromatic nitrogens is 1. The highest BCUT2D eigenvalue weighted by Crippen LogP contribution is 2.16. The number of likely N-dealkylation sites (N-methyl/N-ethyl adjacent to an activating group) is 1. The summed E-state index contributed by atoms with van der Waals surface area (Å²) in [5.74, 6) is 0. The number of nitrogens with zero attached hydrogens (tertiary/aromatic N) is 2.